The maximum atomic E-state index is 4.49. The largest absolute Gasteiger partial charge is 0.323 e. The van der Waals surface area contributed by atoms with Gasteiger partial charge in [0, 0.05) is 5.56 Å². The first-order valence-electron chi connectivity index (χ1n) is 9.43. The second-order valence-corrected chi connectivity index (χ2v) is 6.98. The predicted octanol–water partition coefficient (Wildman–Crippen LogP) is 2.50. The lowest BCUT2D eigenvalue weighted by Gasteiger charge is -2.29. The van der Waals surface area contributed by atoms with Crippen LogP contribution in [0.4, 0.5) is 0 Å². The van der Waals surface area contributed by atoms with Crippen LogP contribution in [-0.2, 0) is 0 Å². The van der Waals surface area contributed by atoms with Crippen molar-refractivity contribution in [3.63, 3.8) is 0 Å². The van der Waals surface area contributed by atoms with E-state index in [9.17, 15) is 0 Å². The normalized spacial score (nSPS) is 17.3. The van der Waals surface area contributed by atoms with E-state index in [-0.39, 0.29) is 6.04 Å². The number of hydrogen-bond donors (Lipinski definition) is 1. The standard InChI is InChI=1S/C19H29N5/c1-4-23(5-2)18(16-13-11-15(3)12-14-16)19-20-21-22-24(19)17-9-7-6-8-10-17/h11-14,17-18H,4-10H2,1-3H3/p+1/t18-/m0/s1. The van der Waals surface area contributed by atoms with Gasteiger partial charge >= 0.3 is 0 Å². The number of benzene rings is 1. The van der Waals surface area contributed by atoms with Gasteiger partial charge in [0.15, 0.2) is 6.04 Å². The van der Waals surface area contributed by atoms with Gasteiger partial charge in [0.25, 0.3) is 0 Å². The van der Waals surface area contributed by atoms with Gasteiger partial charge in [0.05, 0.1) is 19.1 Å². The fraction of sp³-hybridized carbons (Fsp3) is 0.632. The lowest BCUT2D eigenvalue weighted by molar-refractivity contribution is -0.923. The maximum absolute atomic E-state index is 4.49. The molecule has 5 heteroatoms. The summed E-state index contributed by atoms with van der Waals surface area (Å²) in [6.45, 7) is 8.75. The van der Waals surface area contributed by atoms with Crippen molar-refractivity contribution in [2.24, 2.45) is 0 Å². The quantitative estimate of drug-likeness (QED) is 0.886. The minimum atomic E-state index is 0.206. The Morgan fingerprint density at radius 3 is 2.38 bits per heavy atom. The first kappa shape index (κ1) is 17.1. The fourth-order valence-electron chi connectivity index (χ4n) is 3.96. The van der Waals surface area contributed by atoms with Gasteiger partial charge in [0.1, 0.15) is 0 Å². The molecule has 0 saturated heterocycles. The van der Waals surface area contributed by atoms with Crippen molar-refractivity contribution in [2.45, 2.75) is 65.0 Å². The van der Waals surface area contributed by atoms with Gasteiger partial charge in [-0.15, -0.1) is 5.10 Å². The highest BCUT2D eigenvalue weighted by atomic mass is 15.6. The maximum Gasteiger partial charge on any atom is 0.214 e. The molecule has 1 atom stereocenters. The highest BCUT2D eigenvalue weighted by Gasteiger charge is 2.32. The molecule has 1 aromatic heterocycles. The Hall–Kier alpha value is -1.75. The van der Waals surface area contributed by atoms with Gasteiger partial charge < -0.3 is 4.90 Å². The Bertz CT molecular complexity index is 623. The molecule has 1 saturated carbocycles. The zero-order chi connectivity index (χ0) is 16.9. The molecule has 1 N–H and O–H groups in total. The number of nitrogens with one attached hydrogen (secondary N) is 1. The summed E-state index contributed by atoms with van der Waals surface area (Å²) in [5.41, 5.74) is 2.60. The van der Waals surface area contributed by atoms with E-state index < -0.39 is 0 Å². The topological polar surface area (TPSA) is 48.0 Å². The lowest BCUT2D eigenvalue weighted by Crippen LogP contribution is -3.12. The van der Waals surface area contributed by atoms with Crippen molar-refractivity contribution in [2.75, 3.05) is 13.1 Å². The summed E-state index contributed by atoms with van der Waals surface area (Å²) in [5.74, 6) is 1.03. The van der Waals surface area contributed by atoms with Crippen LogP contribution in [0.15, 0.2) is 24.3 Å². The fourth-order valence-corrected chi connectivity index (χ4v) is 3.96. The third-order valence-electron chi connectivity index (χ3n) is 5.42. The van der Waals surface area contributed by atoms with E-state index in [0.29, 0.717) is 6.04 Å². The molecule has 1 aliphatic carbocycles. The second-order valence-electron chi connectivity index (χ2n) is 6.98. The van der Waals surface area contributed by atoms with Gasteiger partial charge in [-0.2, -0.15) is 0 Å². The van der Waals surface area contributed by atoms with Crippen LogP contribution < -0.4 is 4.90 Å². The molecule has 24 heavy (non-hydrogen) atoms. The van der Waals surface area contributed by atoms with Gasteiger partial charge in [-0.25, -0.2) is 4.68 Å². The van der Waals surface area contributed by atoms with Crippen molar-refractivity contribution in [1.29, 1.82) is 0 Å². The van der Waals surface area contributed by atoms with Crippen LogP contribution >= 0.6 is 0 Å². The average Bonchev–Trinajstić information content (AvgIpc) is 3.10. The molecule has 0 spiro atoms. The number of nitrogens with zero attached hydrogens (tertiary/aromatic N) is 4. The number of aromatic nitrogens is 4. The molecule has 1 aliphatic rings. The minimum absolute atomic E-state index is 0.206. The van der Waals surface area contributed by atoms with E-state index in [2.05, 4.69) is 65.2 Å². The number of aryl methyl sites for hydroxylation is 1. The number of rotatable bonds is 6. The molecule has 130 valence electrons. The Morgan fingerprint density at radius 2 is 1.75 bits per heavy atom. The van der Waals surface area contributed by atoms with Gasteiger partial charge in [0.2, 0.25) is 5.82 Å². The molecule has 0 radical (unpaired) electrons. The number of tetrazole rings is 1. The van der Waals surface area contributed by atoms with E-state index in [4.69, 9.17) is 0 Å². The van der Waals surface area contributed by atoms with E-state index in [1.165, 1.54) is 48.1 Å². The second kappa shape index (κ2) is 7.88. The Kier molecular flexibility index (Phi) is 5.61. The van der Waals surface area contributed by atoms with Crippen molar-refractivity contribution in [3.05, 3.63) is 41.2 Å². The molecule has 1 fully saturated rings. The third kappa shape index (κ3) is 3.51. The van der Waals surface area contributed by atoms with Gasteiger partial charge in [-0.3, -0.25) is 0 Å². The zero-order valence-electron chi connectivity index (χ0n) is 15.2. The molecule has 0 aliphatic heterocycles. The van der Waals surface area contributed by atoms with E-state index in [0.717, 1.165) is 18.9 Å². The molecule has 0 bridgehead atoms. The first-order chi connectivity index (χ1) is 11.7. The van der Waals surface area contributed by atoms with Gasteiger partial charge in [-0.05, 0) is 44.0 Å². The average molecular weight is 328 g/mol. The zero-order valence-corrected chi connectivity index (χ0v) is 15.2. The monoisotopic (exact) mass is 328 g/mol. The molecule has 0 unspecified atom stereocenters. The van der Waals surface area contributed by atoms with Crippen LogP contribution in [0, 0.1) is 6.92 Å². The molecular weight excluding hydrogens is 298 g/mol. The molecule has 1 aromatic carbocycles. The van der Waals surface area contributed by atoms with E-state index >= 15 is 0 Å². The molecule has 1 heterocycles. The molecule has 2 aromatic rings. The van der Waals surface area contributed by atoms with Crippen LogP contribution in [0.5, 0.6) is 0 Å². The van der Waals surface area contributed by atoms with Crippen LogP contribution in [0.25, 0.3) is 0 Å². The smallest absolute Gasteiger partial charge is 0.214 e. The minimum Gasteiger partial charge on any atom is -0.323 e. The predicted molar refractivity (Wildman–Crippen MR) is 95.0 cm³/mol. The summed E-state index contributed by atoms with van der Waals surface area (Å²) in [6, 6.07) is 9.54. The summed E-state index contributed by atoms with van der Waals surface area (Å²) >= 11 is 0. The highest BCUT2D eigenvalue weighted by Crippen LogP contribution is 2.30. The van der Waals surface area contributed by atoms with Crippen molar-refractivity contribution in [3.8, 4) is 0 Å². The van der Waals surface area contributed by atoms with E-state index in [1.807, 2.05) is 0 Å². The van der Waals surface area contributed by atoms with Gasteiger partial charge in [-0.1, -0.05) is 49.1 Å². The van der Waals surface area contributed by atoms with Crippen LogP contribution in [0.2, 0.25) is 0 Å². The van der Waals surface area contributed by atoms with Crippen LogP contribution in [-0.4, -0.2) is 33.3 Å². The summed E-state index contributed by atoms with van der Waals surface area (Å²) in [7, 11) is 0. The molecule has 0 amide bonds. The Morgan fingerprint density at radius 1 is 1.08 bits per heavy atom. The van der Waals surface area contributed by atoms with Crippen molar-refractivity contribution >= 4 is 0 Å². The van der Waals surface area contributed by atoms with E-state index in [1.54, 1.807) is 0 Å². The highest BCUT2D eigenvalue weighted by molar-refractivity contribution is 5.26. The lowest BCUT2D eigenvalue weighted by atomic mass is 9.95. The van der Waals surface area contributed by atoms with Crippen LogP contribution in [0.3, 0.4) is 0 Å². The first-order valence-corrected chi connectivity index (χ1v) is 9.43. The number of hydrogen-bond acceptors (Lipinski definition) is 3. The molecular formula is C19H30N5+. The number of quaternary nitrogens is 1. The summed E-state index contributed by atoms with van der Waals surface area (Å²) < 4.78 is 2.13. The third-order valence-corrected chi connectivity index (χ3v) is 5.42. The Balaban J connectivity index is 1.99. The summed E-state index contributed by atoms with van der Waals surface area (Å²) in [6.07, 6.45) is 6.32. The van der Waals surface area contributed by atoms with Crippen LogP contribution in [0.1, 0.15) is 75.0 Å². The summed E-state index contributed by atoms with van der Waals surface area (Å²) in [4.78, 5) is 1.51. The SMILES string of the molecule is CC[NH+](CC)[C@@H](c1ccc(C)cc1)c1nnnn1C1CCCCC1. The van der Waals surface area contributed by atoms with Crippen molar-refractivity contribution < 1.29 is 4.90 Å². The molecule has 3 rings (SSSR count). The van der Waals surface area contributed by atoms with Crippen molar-refractivity contribution in [1.82, 2.24) is 20.2 Å². The molecule has 5 nitrogen and oxygen atoms in total. The Labute approximate surface area is 145 Å². The summed E-state index contributed by atoms with van der Waals surface area (Å²) in [5, 5.41) is 12.9.